The third kappa shape index (κ3) is 2.04. The largest absolute Gasteiger partial charge is 0.479 e. The first-order valence-electron chi connectivity index (χ1n) is 3.23. The fraction of sp³-hybridized carbons (Fsp3) is 0.125. The fourth-order valence-electron chi connectivity index (χ4n) is 0.774. The predicted octanol–water partition coefficient (Wildman–Crippen LogP) is 2.54. The summed E-state index contributed by atoms with van der Waals surface area (Å²) in [7, 11) is 0. The van der Waals surface area contributed by atoms with E-state index in [1.54, 1.807) is 12.1 Å². The molecule has 0 saturated carbocycles. The number of alkyl halides is 1. The van der Waals surface area contributed by atoms with Gasteiger partial charge in [-0.05, 0) is 17.7 Å². The van der Waals surface area contributed by atoms with E-state index in [-0.39, 0.29) is 5.56 Å². The Bertz CT molecular complexity index is 284. The molecule has 0 saturated heterocycles. The molecule has 64 valence electrons. The summed E-state index contributed by atoms with van der Waals surface area (Å²) in [5, 5.41) is 8.32. The van der Waals surface area contributed by atoms with Gasteiger partial charge in [-0.1, -0.05) is 28.1 Å². The van der Waals surface area contributed by atoms with E-state index in [0.29, 0.717) is 0 Å². The summed E-state index contributed by atoms with van der Waals surface area (Å²) < 4.78 is 13.6. The molecule has 12 heavy (non-hydrogen) atoms. The summed E-state index contributed by atoms with van der Waals surface area (Å²) >= 11 is 3.16. The summed E-state index contributed by atoms with van der Waals surface area (Å²) in [5.74, 6) is -1.46. The fourth-order valence-corrected chi connectivity index (χ4v) is 1.04. The average Bonchev–Trinajstić information content (AvgIpc) is 2.04. The number of rotatable bonds is 2. The Morgan fingerprint density at radius 2 is 1.92 bits per heavy atom. The minimum atomic E-state index is -1.93. The Balaban J connectivity index is 2.89. The van der Waals surface area contributed by atoms with Crippen LogP contribution in [0.3, 0.4) is 0 Å². The van der Waals surface area contributed by atoms with Gasteiger partial charge in [0.1, 0.15) is 0 Å². The molecule has 1 aromatic carbocycles. The third-order valence-corrected chi connectivity index (χ3v) is 1.91. The zero-order chi connectivity index (χ0) is 9.14. The lowest BCUT2D eigenvalue weighted by atomic mass is 10.1. The summed E-state index contributed by atoms with van der Waals surface area (Å²) in [4.78, 5) is 10.2. The second kappa shape index (κ2) is 3.67. The molecule has 0 aliphatic carbocycles. The first-order valence-corrected chi connectivity index (χ1v) is 4.03. The van der Waals surface area contributed by atoms with Gasteiger partial charge >= 0.3 is 5.97 Å². The topological polar surface area (TPSA) is 37.3 Å². The van der Waals surface area contributed by atoms with Gasteiger partial charge in [-0.15, -0.1) is 0 Å². The van der Waals surface area contributed by atoms with Crippen LogP contribution in [0.1, 0.15) is 11.7 Å². The summed E-state index contributed by atoms with van der Waals surface area (Å²) in [6.07, 6.45) is -1.93. The maximum atomic E-state index is 12.8. The molecule has 0 fully saturated rings. The zero-order valence-corrected chi connectivity index (χ0v) is 7.58. The highest BCUT2D eigenvalue weighted by molar-refractivity contribution is 9.10. The molecule has 0 aliphatic rings. The summed E-state index contributed by atoms with van der Waals surface area (Å²) in [6.45, 7) is 0. The molecule has 0 heterocycles. The van der Waals surface area contributed by atoms with Gasteiger partial charge < -0.3 is 5.11 Å². The van der Waals surface area contributed by atoms with Crippen LogP contribution in [0.15, 0.2) is 28.7 Å². The number of hydrogen-bond donors (Lipinski definition) is 1. The van der Waals surface area contributed by atoms with Gasteiger partial charge in [0.25, 0.3) is 0 Å². The minimum Gasteiger partial charge on any atom is -0.479 e. The molecule has 0 spiro atoms. The van der Waals surface area contributed by atoms with Crippen LogP contribution >= 0.6 is 15.9 Å². The second-order valence-corrected chi connectivity index (χ2v) is 3.17. The molecule has 0 aliphatic heterocycles. The Hall–Kier alpha value is -0.900. The van der Waals surface area contributed by atoms with Gasteiger partial charge in [-0.25, -0.2) is 9.18 Å². The van der Waals surface area contributed by atoms with E-state index in [4.69, 9.17) is 5.11 Å². The Kier molecular flexibility index (Phi) is 2.81. The minimum absolute atomic E-state index is 0.158. The van der Waals surface area contributed by atoms with E-state index in [2.05, 4.69) is 15.9 Å². The van der Waals surface area contributed by atoms with E-state index >= 15 is 0 Å². The summed E-state index contributed by atoms with van der Waals surface area (Å²) in [6, 6.07) is 6.07. The van der Waals surface area contributed by atoms with Crippen molar-refractivity contribution >= 4 is 21.9 Å². The smallest absolute Gasteiger partial charge is 0.343 e. The van der Waals surface area contributed by atoms with Gasteiger partial charge in [-0.2, -0.15) is 0 Å². The third-order valence-electron chi connectivity index (χ3n) is 1.38. The van der Waals surface area contributed by atoms with Crippen molar-refractivity contribution in [3.05, 3.63) is 34.3 Å². The lowest BCUT2D eigenvalue weighted by Gasteiger charge is -2.01. The normalized spacial score (nSPS) is 12.5. The number of carbonyl (C=O) groups is 1. The quantitative estimate of drug-likeness (QED) is 0.852. The molecule has 1 N–H and O–H groups in total. The van der Waals surface area contributed by atoms with E-state index in [0.717, 1.165) is 4.47 Å². The SMILES string of the molecule is O=C(O)C(F)c1ccc(Br)cc1. The Morgan fingerprint density at radius 1 is 1.42 bits per heavy atom. The number of carboxylic acids is 1. The number of halogens is 2. The molecular formula is C8H6BrFO2. The average molecular weight is 233 g/mol. The standard InChI is InChI=1S/C8H6BrFO2/c9-6-3-1-5(2-4-6)7(10)8(11)12/h1-4,7H,(H,11,12). The van der Waals surface area contributed by atoms with Crippen LogP contribution in [0, 0.1) is 0 Å². The van der Waals surface area contributed by atoms with Crippen molar-refractivity contribution < 1.29 is 14.3 Å². The van der Waals surface area contributed by atoms with Crippen molar-refractivity contribution in [2.24, 2.45) is 0 Å². The van der Waals surface area contributed by atoms with E-state index in [9.17, 15) is 9.18 Å². The molecule has 0 amide bonds. The first-order chi connectivity index (χ1) is 5.61. The predicted molar refractivity (Wildman–Crippen MR) is 45.6 cm³/mol. The van der Waals surface area contributed by atoms with Crippen molar-refractivity contribution in [1.29, 1.82) is 0 Å². The lowest BCUT2D eigenvalue weighted by Crippen LogP contribution is -2.05. The maximum absolute atomic E-state index is 12.8. The number of benzene rings is 1. The lowest BCUT2D eigenvalue weighted by molar-refractivity contribution is -0.143. The van der Waals surface area contributed by atoms with E-state index in [1.807, 2.05) is 0 Å². The second-order valence-electron chi connectivity index (χ2n) is 2.25. The highest BCUT2D eigenvalue weighted by Gasteiger charge is 2.17. The molecule has 1 rings (SSSR count). The first kappa shape index (κ1) is 9.19. The van der Waals surface area contributed by atoms with E-state index in [1.165, 1.54) is 12.1 Å². The van der Waals surface area contributed by atoms with Gasteiger partial charge in [0.15, 0.2) is 0 Å². The van der Waals surface area contributed by atoms with Crippen LogP contribution in [0.5, 0.6) is 0 Å². The monoisotopic (exact) mass is 232 g/mol. The molecule has 0 radical (unpaired) electrons. The van der Waals surface area contributed by atoms with Crippen molar-refractivity contribution in [3.8, 4) is 0 Å². The Morgan fingerprint density at radius 3 is 2.33 bits per heavy atom. The zero-order valence-electron chi connectivity index (χ0n) is 6.00. The van der Waals surface area contributed by atoms with Crippen molar-refractivity contribution in [3.63, 3.8) is 0 Å². The van der Waals surface area contributed by atoms with Crippen LogP contribution < -0.4 is 0 Å². The molecule has 1 atom stereocenters. The van der Waals surface area contributed by atoms with Crippen molar-refractivity contribution in [1.82, 2.24) is 0 Å². The molecule has 0 aromatic heterocycles. The van der Waals surface area contributed by atoms with Crippen LogP contribution in [0.25, 0.3) is 0 Å². The molecular weight excluding hydrogens is 227 g/mol. The molecule has 2 nitrogen and oxygen atoms in total. The van der Waals surface area contributed by atoms with Gasteiger partial charge in [0.2, 0.25) is 6.17 Å². The van der Waals surface area contributed by atoms with Crippen LogP contribution in [-0.4, -0.2) is 11.1 Å². The number of hydrogen-bond acceptors (Lipinski definition) is 1. The number of carboxylic acid groups (broad SMARTS) is 1. The maximum Gasteiger partial charge on any atom is 0.343 e. The van der Waals surface area contributed by atoms with Gasteiger partial charge in [0, 0.05) is 4.47 Å². The summed E-state index contributed by atoms with van der Waals surface area (Å²) in [5.41, 5.74) is 0.158. The van der Waals surface area contributed by atoms with Crippen LogP contribution in [0.4, 0.5) is 4.39 Å². The molecule has 1 aromatic rings. The molecule has 1 unspecified atom stereocenters. The van der Waals surface area contributed by atoms with Crippen molar-refractivity contribution in [2.45, 2.75) is 6.17 Å². The Labute approximate surface area is 77.2 Å². The molecule has 0 bridgehead atoms. The highest BCUT2D eigenvalue weighted by Crippen LogP contribution is 2.19. The molecule has 4 heteroatoms. The van der Waals surface area contributed by atoms with Crippen LogP contribution in [0.2, 0.25) is 0 Å². The van der Waals surface area contributed by atoms with Crippen molar-refractivity contribution in [2.75, 3.05) is 0 Å². The van der Waals surface area contributed by atoms with E-state index < -0.39 is 12.1 Å². The van der Waals surface area contributed by atoms with Gasteiger partial charge in [0.05, 0.1) is 0 Å². The highest BCUT2D eigenvalue weighted by atomic mass is 79.9. The van der Waals surface area contributed by atoms with Crippen LogP contribution in [-0.2, 0) is 4.79 Å². The number of aliphatic carboxylic acids is 1. The van der Waals surface area contributed by atoms with Gasteiger partial charge in [-0.3, -0.25) is 0 Å².